The molecule has 0 radical (unpaired) electrons. The number of nitrogens with zero attached hydrogens (tertiary/aromatic N) is 2. The van der Waals surface area contributed by atoms with E-state index in [0.717, 1.165) is 25.7 Å². The molecule has 0 aromatic carbocycles. The second-order valence-electron chi connectivity index (χ2n) is 8.64. The van der Waals surface area contributed by atoms with E-state index in [2.05, 4.69) is 0 Å². The van der Waals surface area contributed by atoms with Gasteiger partial charge in [0.05, 0.1) is 24.0 Å². The van der Waals surface area contributed by atoms with Gasteiger partial charge in [0.2, 0.25) is 10.0 Å². The van der Waals surface area contributed by atoms with Gasteiger partial charge < -0.3 is 9.64 Å². The second kappa shape index (κ2) is 7.60. The van der Waals surface area contributed by atoms with Crippen molar-refractivity contribution < 1.29 is 21.9 Å². The normalized spacial score (nSPS) is 32.3. The number of hydrogen-bond donors (Lipinski definition) is 0. The van der Waals surface area contributed by atoms with Crippen molar-refractivity contribution in [2.45, 2.75) is 68.9 Å². The topological polar surface area (TPSA) is 49.9 Å². The molecule has 3 fully saturated rings. The highest BCUT2D eigenvalue weighted by Crippen LogP contribution is 2.41. The molecule has 3 rings (SSSR count). The lowest BCUT2D eigenvalue weighted by Gasteiger charge is -2.45. The lowest BCUT2D eigenvalue weighted by Crippen LogP contribution is -2.60. The molecule has 2 aliphatic carbocycles. The largest absolute Gasteiger partial charge is 0.372 e. The van der Waals surface area contributed by atoms with E-state index < -0.39 is 33.2 Å². The summed E-state index contributed by atoms with van der Waals surface area (Å²) >= 11 is 0. The quantitative estimate of drug-likeness (QED) is 0.719. The van der Waals surface area contributed by atoms with Crippen LogP contribution in [-0.2, 0) is 14.8 Å². The Hall–Kier alpha value is -0.310. The monoisotopic (exact) mass is 394 g/mol. The SMILES string of the molecule is CN(C)CC1COC2(CCCC2)CN1S(=O)(=O)CC1CCCCC1(F)F. The maximum Gasteiger partial charge on any atom is 0.251 e. The summed E-state index contributed by atoms with van der Waals surface area (Å²) < 4.78 is 62.5. The van der Waals surface area contributed by atoms with Gasteiger partial charge in [-0.25, -0.2) is 17.2 Å². The summed E-state index contributed by atoms with van der Waals surface area (Å²) in [5.74, 6) is -4.39. The Bertz CT molecular complexity index is 591. The van der Waals surface area contributed by atoms with Crippen molar-refractivity contribution in [3.63, 3.8) is 0 Å². The molecule has 8 heteroatoms. The molecule has 0 amide bonds. The van der Waals surface area contributed by atoms with Crippen molar-refractivity contribution in [2.75, 3.05) is 39.5 Å². The fourth-order valence-electron chi connectivity index (χ4n) is 4.75. The zero-order chi connectivity index (χ0) is 19.0. The van der Waals surface area contributed by atoms with Gasteiger partial charge in [0.1, 0.15) is 0 Å². The smallest absolute Gasteiger partial charge is 0.251 e. The molecule has 1 saturated heterocycles. The highest BCUT2D eigenvalue weighted by molar-refractivity contribution is 7.89. The Balaban J connectivity index is 1.80. The van der Waals surface area contributed by atoms with E-state index >= 15 is 0 Å². The first-order valence-electron chi connectivity index (χ1n) is 9.80. The highest BCUT2D eigenvalue weighted by Gasteiger charge is 2.49. The molecule has 152 valence electrons. The van der Waals surface area contributed by atoms with Crippen molar-refractivity contribution in [1.29, 1.82) is 0 Å². The average molecular weight is 395 g/mol. The molecule has 1 spiro atoms. The zero-order valence-electron chi connectivity index (χ0n) is 15.9. The molecule has 0 aromatic heterocycles. The lowest BCUT2D eigenvalue weighted by atomic mass is 9.87. The van der Waals surface area contributed by atoms with Gasteiger partial charge in [-0.1, -0.05) is 19.3 Å². The Labute approximate surface area is 156 Å². The van der Waals surface area contributed by atoms with Gasteiger partial charge in [-0.3, -0.25) is 0 Å². The number of sulfonamides is 1. The van der Waals surface area contributed by atoms with Crippen molar-refractivity contribution in [2.24, 2.45) is 5.92 Å². The maximum absolute atomic E-state index is 14.3. The van der Waals surface area contributed by atoms with E-state index in [1.165, 1.54) is 4.31 Å². The molecule has 5 nitrogen and oxygen atoms in total. The van der Waals surface area contributed by atoms with Gasteiger partial charge in [-0.15, -0.1) is 0 Å². The average Bonchev–Trinajstić information content (AvgIpc) is 2.99. The molecule has 0 bridgehead atoms. The fraction of sp³-hybridized carbons (Fsp3) is 1.00. The minimum Gasteiger partial charge on any atom is -0.372 e. The van der Waals surface area contributed by atoms with Gasteiger partial charge >= 0.3 is 0 Å². The fourth-order valence-corrected chi connectivity index (χ4v) is 6.87. The number of likely N-dealkylation sites (N-methyl/N-ethyl adjacent to an activating group) is 1. The van der Waals surface area contributed by atoms with Gasteiger partial charge in [0.25, 0.3) is 5.92 Å². The molecule has 2 atom stereocenters. The molecule has 0 aromatic rings. The van der Waals surface area contributed by atoms with Crippen LogP contribution in [0.1, 0.15) is 51.4 Å². The molecule has 26 heavy (non-hydrogen) atoms. The summed E-state index contributed by atoms with van der Waals surface area (Å²) in [5.41, 5.74) is -0.412. The summed E-state index contributed by atoms with van der Waals surface area (Å²) in [6.07, 6.45) is 5.04. The third kappa shape index (κ3) is 4.39. The van der Waals surface area contributed by atoms with Crippen LogP contribution in [-0.4, -0.2) is 74.7 Å². The first-order valence-corrected chi connectivity index (χ1v) is 11.4. The van der Waals surface area contributed by atoms with Gasteiger partial charge in [-0.05, 0) is 39.8 Å². The molecule has 2 saturated carbocycles. The number of ether oxygens (including phenoxy) is 1. The van der Waals surface area contributed by atoms with Gasteiger partial charge in [-0.2, -0.15) is 4.31 Å². The molecular weight excluding hydrogens is 362 g/mol. The molecule has 0 N–H and O–H groups in total. The summed E-state index contributed by atoms with van der Waals surface area (Å²) in [6, 6.07) is -0.307. The van der Waals surface area contributed by atoms with E-state index in [1.807, 2.05) is 19.0 Å². The summed E-state index contributed by atoms with van der Waals surface area (Å²) in [4.78, 5) is 1.93. The minimum atomic E-state index is -3.77. The van der Waals surface area contributed by atoms with Gasteiger partial charge in [0, 0.05) is 25.4 Å². The number of rotatable bonds is 5. The molecule has 3 aliphatic rings. The van der Waals surface area contributed by atoms with Crippen molar-refractivity contribution in [3.05, 3.63) is 0 Å². The lowest BCUT2D eigenvalue weighted by molar-refractivity contribution is -0.110. The third-order valence-electron chi connectivity index (χ3n) is 6.20. The van der Waals surface area contributed by atoms with E-state index in [4.69, 9.17) is 4.74 Å². The van der Waals surface area contributed by atoms with E-state index in [-0.39, 0.29) is 12.5 Å². The van der Waals surface area contributed by atoms with E-state index in [1.54, 1.807) is 0 Å². The van der Waals surface area contributed by atoms with E-state index in [0.29, 0.717) is 39.0 Å². The zero-order valence-corrected chi connectivity index (χ0v) is 16.7. The van der Waals surface area contributed by atoms with Crippen LogP contribution in [0.25, 0.3) is 0 Å². The van der Waals surface area contributed by atoms with Crippen LogP contribution in [0.5, 0.6) is 0 Å². The maximum atomic E-state index is 14.3. The predicted molar refractivity (Wildman–Crippen MR) is 96.9 cm³/mol. The molecule has 1 aliphatic heterocycles. The van der Waals surface area contributed by atoms with Crippen molar-refractivity contribution >= 4 is 10.0 Å². The van der Waals surface area contributed by atoms with Crippen LogP contribution in [0.3, 0.4) is 0 Å². The minimum absolute atomic E-state index is 0.193. The van der Waals surface area contributed by atoms with Crippen molar-refractivity contribution in [3.8, 4) is 0 Å². The summed E-state index contributed by atoms with van der Waals surface area (Å²) in [7, 11) is 0.0123. The number of morpholine rings is 1. The summed E-state index contributed by atoms with van der Waals surface area (Å²) in [5, 5.41) is 0. The number of alkyl halides is 2. The van der Waals surface area contributed by atoms with Crippen LogP contribution in [0.4, 0.5) is 8.78 Å². The Morgan fingerprint density at radius 1 is 1.12 bits per heavy atom. The van der Waals surface area contributed by atoms with Crippen LogP contribution in [0.2, 0.25) is 0 Å². The summed E-state index contributed by atoms with van der Waals surface area (Å²) in [6.45, 7) is 1.20. The van der Waals surface area contributed by atoms with Crippen LogP contribution in [0.15, 0.2) is 0 Å². The Kier molecular flexibility index (Phi) is 5.97. The van der Waals surface area contributed by atoms with Crippen molar-refractivity contribution in [1.82, 2.24) is 9.21 Å². The molecule has 1 heterocycles. The standard InChI is InChI=1S/C18H32F2N2O3S/c1-21(2)11-16-12-25-17(8-5-6-9-17)14-22(16)26(23,24)13-15-7-3-4-10-18(15,19)20/h15-16H,3-14H2,1-2H3. The van der Waals surface area contributed by atoms with Crippen LogP contribution in [0, 0.1) is 5.92 Å². The van der Waals surface area contributed by atoms with Crippen LogP contribution < -0.4 is 0 Å². The number of halogens is 2. The number of hydrogen-bond acceptors (Lipinski definition) is 4. The molecular formula is C18H32F2N2O3S. The first-order chi connectivity index (χ1) is 12.1. The van der Waals surface area contributed by atoms with Crippen LogP contribution >= 0.6 is 0 Å². The van der Waals surface area contributed by atoms with E-state index in [9.17, 15) is 17.2 Å². The Morgan fingerprint density at radius 3 is 2.38 bits per heavy atom. The molecule has 2 unspecified atom stereocenters. The Morgan fingerprint density at radius 2 is 1.77 bits per heavy atom. The third-order valence-corrected chi connectivity index (χ3v) is 8.17. The predicted octanol–water partition coefficient (Wildman–Crippen LogP) is 2.72. The second-order valence-corrected chi connectivity index (χ2v) is 10.6. The highest BCUT2D eigenvalue weighted by atomic mass is 32.2. The first kappa shape index (κ1) is 20.4. The van der Waals surface area contributed by atoms with Gasteiger partial charge in [0.15, 0.2) is 0 Å².